The number of Topliss-reactive ketones (excluding diaryl/α,β-unsaturated/α-hetero) is 1. The highest BCUT2D eigenvalue weighted by Crippen LogP contribution is 2.38. The van der Waals surface area contributed by atoms with Crippen molar-refractivity contribution in [1.29, 1.82) is 0 Å². The average Bonchev–Trinajstić information content (AvgIpc) is 3.13. The summed E-state index contributed by atoms with van der Waals surface area (Å²) in [6.07, 6.45) is 5.40. The summed E-state index contributed by atoms with van der Waals surface area (Å²) in [7, 11) is 0. The van der Waals surface area contributed by atoms with E-state index >= 15 is 0 Å². The van der Waals surface area contributed by atoms with Gasteiger partial charge in [-0.05, 0) is 23.8 Å². The third kappa shape index (κ3) is 4.70. The summed E-state index contributed by atoms with van der Waals surface area (Å²) in [5.74, 6) is -1.10. The van der Waals surface area contributed by atoms with Crippen LogP contribution in [0.25, 0.3) is 6.20 Å². The predicted molar refractivity (Wildman–Crippen MR) is 114 cm³/mol. The molecular formula is C21H15Cl3N2O3. The summed E-state index contributed by atoms with van der Waals surface area (Å²) in [6, 6.07) is 13.4. The third-order valence-corrected chi connectivity index (χ3v) is 5.37. The largest absolute Gasteiger partial charge is 0.478 e. The maximum atomic E-state index is 13.5. The molecule has 0 saturated heterocycles. The average molecular weight is 450 g/mol. The molecule has 0 fully saturated rings. The van der Waals surface area contributed by atoms with Crippen molar-refractivity contribution in [2.45, 2.75) is 11.3 Å². The lowest BCUT2D eigenvalue weighted by Crippen LogP contribution is -2.33. The Balaban J connectivity index is 2.08. The third-order valence-electron chi connectivity index (χ3n) is 4.30. The summed E-state index contributed by atoms with van der Waals surface area (Å²) < 4.78 is 1.50. The number of hydrogen-bond donors (Lipinski definition) is 1. The molecule has 0 aliphatic carbocycles. The fourth-order valence-corrected chi connectivity index (χ4v) is 3.72. The van der Waals surface area contributed by atoms with Gasteiger partial charge >= 0.3 is 5.97 Å². The van der Waals surface area contributed by atoms with Gasteiger partial charge in [-0.3, -0.25) is 4.79 Å². The lowest BCUT2D eigenvalue weighted by molar-refractivity contribution is -0.131. The van der Waals surface area contributed by atoms with Crippen LogP contribution < -0.4 is 0 Å². The molecule has 0 saturated carbocycles. The number of rotatable bonds is 7. The van der Waals surface area contributed by atoms with Crippen LogP contribution in [0, 0.1) is 0 Å². The minimum absolute atomic E-state index is 0.00726. The first-order valence-corrected chi connectivity index (χ1v) is 9.62. The van der Waals surface area contributed by atoms with Crippen LogP contribution in [0.5, 0.6) is 0 Å². The first-order valence-electron chi connectivity index (χ1n) is 8.48. The number of alkyl halides is 1. The summed E-state index contributed by atoms with van der Waals surface area (Å²) in [5.41, 5.74) is 0.795. The van der Waals surface area contributed by atoms with E-state index in [1.54, 1.807) is 36.5 Å². The first-order chi connectivity index (χ1) is 13.8. The predicted octanol–water partition coefficient (Wildman–Crippen LogP) is 5.30. The number of carboxylic acid groups (broad SMARTS) is 1. The lowest BCUT2D eigenvalue weighted by atomic mass is 9.86. The number of aromatic nitrogens is 2. The van der Waals surface area contributed by atoms with Crippen molar-refractivity contribution in [2.75, 3.05) is 0 Å². The van der Waals surface area contributed by atoms with E-state index in [1.807, 2.05) is 6.07 Å². The number of ketones is 1. The van der Waals surface area contributed by atoms with Gasteiger partial charge in [0.15, 0.2) is 5.78 Å². The van der Waals surface area contributed by atoms with Crippen LogP contribution in [0.3, 0.4) is 0 Å². The van der Waals surface area contributed by atoms with E-state index in [0.717, 1.165) is 6.08 Å². The summed E-state index contributed by atoms with van der Waals surface area (Å²) >= 11 is 19.2. The summed E-state index contributed by atoms with van der Waals surface area (Å²) in [6.45, 7) is 0. The first kappa shape index (κ1) is 21.1. The van der Waals surface area contributed by atoms with E-state index in [9.17, 15) is 9.59 Å². The Morgan fingerprint density at radius 3 is 2.52 bits per heavy atom. The molecule has 148 valence electrons. The topological polar surface area (TPSA) is 72.2 Å². The van der Waals surface area contributed by atoms with Crippen molar-refractivity contribution in [2.24, 2.45) is 0 Å². The molecule has 0 aliphatic heterocycles. The number of nitrogens with zero attached hydrogens (tertiary/aromatic N) is 2. The molecule has 0 amide bonds. The van der Waals surface area contributed by atoms with Crippen LogP contribution in [0.4, 0.5) is 0 Å². The molecule has 3 aromatic rings. The fourth-order valence-electron chi connectivity index (χ4n) is 2.88. The van der Waals surface area contributed by atoms with Crippen LogP contribution in [0.1, 0.15) is 21.7 Å². The van der Waals surface area contributed by atoms with Crippen molar-refractivity contribution in [3.8, 4) is 0 Å². The molecule has 1 unspecified atom stereocenters. The van der Waals surface area contributed by atoms with Gasteiger partial charge in [-0.2, -0.15) is 0 Å². The molecule has 1 N–H and O–H groups in total. The number of carbonyl (C=O) groups excluding carboxylic acids is 1. The number of carboxylic acids is 1. The van der Waals surface area contributed by atoms with E-state index < -0.39 is 16.6 Å². The maximum Gasteiger partial charge on any atom is 0.329 e. The highest BCUT2D eigenvalue weighted by molar-refractivity contribution is 6.42. The molecule has 1 aromatic heterocycles. The van der Waals surface area contributed by atoms with Gasteiger partial charge in [0, 0.05) is 41.7 Å². The van der Waals surface area contributed by atoms with Gasteiger partial charge < -0.3 is 9.67 Å². The summed E-state index contributed by atoms with van der Waals surface area (Å²) in [4.78, 5) is 27.1. The van der Waals surface area contributed by atoms with Gasteiger partial charge in [-0.15, -0.1) is 11.6 Å². The normalized spacial score (nSPS) is 13.3. The summed E-state index contributed by atoms with van der Waals surface area (Å²) in [5, 5.41) is 9.47. The number of imidazole rings is 1. The number of aliphatic carboxylic acids is 1. The minimum atomic E-state index is -1.51. The van der Waals surface area contributed by atoms with Crippen molar-refractivity contribution in [3.05, 3.63) is 94.0 Å². The Bertz CT molecular complexity index is 1080. The van der Waals surface area contributed by atoms with Crippen LogP contribution in [-0.4, -0.2) is 26.4 Å². The van der Waals surface area contributed by atoms with Crippen molar-refractivity contribution < 1.29 is 14.7 Å². The second-order valence-corrected chi connectivity index (χ2v) is 7.69. The van der Waals surface area contributed by atoms with Crippen molar-refractivity contribution in [1.82, 2.24) is 9.55 Å². The Kier molecular flexibility index (Phi) is 6.42. The van der Waals surface area contributed by atoms with E-state index in [0.29, 0.717) is 16.4 Å². The Hall–Kier alpha value is -2.60. The zero-order valence-electron chi connectivity index (χ0n) is 14.9. The van der Waals surface area contributed by atoms with E-state index in [1.165, 1.54) is 29.1 Å². The van der Waals surface area contributed by atoms with Crippen LogP contribution in [0.15, 0.2) is 67.0 Å². The molecular weight excluding hydrogens is 435 g/mol. The molecule has 5 nitrogen and oxygen atoms in total. The molecule has 1 heterocycles. The van der Waals surface area contributed by atoms with E-state index in [2.05, 4.69) is 4.98 Å². The highest BCUT2D eigenvalue weighted by Gasteiger charge is 2.40. The molecule has 0 spiro atoms. The monoisotopic (exact) mass is 448 g/mol. The lowest BCUT2D eigenvalue weighted by Gasteiger charge is -2.26. The van der Waals surface area contributed by atoms with Crippen LogP contribution in [-0.2, 0) is 16.1 Å². The molecule has 0 aliphatic rings. The second-order valence-electron chi connectivity index (χ2n) is 6.20. The second kappa shape index (κ2) is 8.82. The van der Waals surface area contributed by atoms with Gasteiger partial charge in [0.05, 0.1) is 5.02 Å². The molecule has 1 atom stereocenters. The smallest absolute Gasteiger partial charge is 0.329 e. The number of halogens is 3. The number of carbonyl (C=O) groups is 2. The zero-order chi connectivity index (χ0) is 21.0. The van der Waals surface area contributed by atoms with Crippen molar-refractivity contribution in [3.63, 3.8) is 0 Å². The van der Waals surface area contributed by atoms with Crippen molar-refractivity contribution >= 4 is 52.8 Å². The van der Waals surface area contributed by atoms with Gasteiger partial charge in [-0.25, -0.2) is 9.78 Å². The van der Waals surface area contributed by atoms with Gasteiger partial charge in [0.1, 0.15) is 10.7 Å². The standard InChI is InChI=1S/C21H15Cl3N2O3/c22-15-6-7-16(17(23)12-15)20(29)21(24,14-4-2-1-3-5-14)13-18-25-9-11-26(18)10-8-19(27)28/h1-12H,13H2,(H,27,28)/b10-8+. The molecule has 0 radical (unpaired) electrons. The highest BCUT2D eigenvalue weighted by atomic mass is 35.5. The van der Waals surface area contributed by atoms with Gasteiger partial charge in [0.2, 0.25) is 0 Å². The minimum Gasteiger partial charge on any atom is -0.478 e. The molecule has 8 heteroatoms. The Morgan fingerprint density at radius 2 is 1.86 bits per heavy atom. The quantitative estimate of drug-likeness (QED) is 0.302. The van der Waals surface area contributed by atoms with Gasteiger partial charge in [0.25, 0.3) is 0 Å². The molecule has 0 bridgehead atoms. The molecule has 29 heavy (non-hydrogen) atoms. The molecule has 3 rings (SSSR count). The van der Waals surface area contributed by atoms with E-state index in [-0.39, 0.29) is 17.0 Å². The Labute approximate surface area is 182 Å². The van der Waals surface area contributed by atoms with Crippen LogP contribution in [0.2, 0.25) is 10.0 Å². The maximum absolute atomic E-state index is 13.5. The number of benzene rings is 2. The van der Waals surface area contributed by atoms with Gasteiger partial charge in [-0.1, -0.05) is 53.5 Å². The zero-order valence-corrected chi connectivity index (χ0v) is 17.2. The number of hydrogen-bond acceptors (Lipinski definition) is 3. The molecule has 2 aromatic carbocycles. The van der Waals surface area contributed by atoms with Crippen LogP contribution >= 0.6 is 34.8 Å². The SMILES string of the molecule is O=C(O)/C=C/n1ccnc1CC(Cl)(C(=O)c1ccc(Cl)cc1Cl)c1ccccc1. The van der Waals surface area contributed by atoms with E-state index in [4.69, 9.17) is 39.9 Å². The Morgan fingerprint density at radius 1 is 1.14 bits per heavy atom. The fraction of sp³-hybridized carbons (Fsp3) is 0.0952.